The average molecular weight is 250 g/mol. The van der Waals surface area contributed by atoms with Gasteiger partial charge in [-0.1, -0.05) is 12.0 Å². The SMILES string of the molecule is COC(=O)[C@@]12CC(=O)O[C@@H]1C1=C(CCCCC1)C2. The lowest BCUT2D eigenvalue weighted by molar-refractivity contribution is -0.154. The van der Waals surface area contributed by atoms with Gasteiger partial charge in [-0.15, -0.1) is 0 Å². The van der Waals surface area contributed by atoms with Gasteiger partial charge in [-0.2, -0.15) is 0 Å². The molecule has 1 fully saturated rings. The maximum atomic E-state index is 12.1. The molecule has 1 aliphatic heterocycles. The predicted octanol–water partition coefficient (Wildman–Crippen LogP) is 2.13. The largest absolute Gasteiger partial charge is 0.468 e. The first-order chi connectivity index (χ1) is 8.67. The zero-order chi connectivity index (χ0) is 12.8. The van der Waals surface area contributed by atoms with Crippen molar-refractivity contribution in [2.75, 3.05) is 7.11 Å². The molecule has 2 aliphatic carbocycles. The molecule has 18 heavy (non-hydrogen) atoms. The molecule has 3 aliphatic rings. The van der Waals surface area contributed by atoms with Gasteiger partial charge in [0, 0.05) is 0 Å². The standard InChI is InChI=1S/C14H18O4/c1-17-13(16)14-7-9-5-3-2-4-6-10(9)12(14)18-11(15)8-14/h12H,2-8H2,1H3/t12-,14+/m1/s1. The Hall–Kier alpha value is -1.32. The second-order valence-electron chi connectivity index (χ2n) is 5.56. The molecule has 1 heterocycles. The molecule has 4 heteroatoms. The van der Waals surface area contributed by atoms with Gasteiger partial charge >= 0.3 is 11.9 Å². The Kier molecular flexibility index (Phi) is 2.68. The number of esters is 2. The fraction of sp³-hybridized carbons (Fsp3) is 0.714. The summed E-state index contributed by atoms with van der Waals surface area (Å²) < 4.78 is 10.4. The van der Waals surface area contributed by atoms with Crippen LogP contribution in [-0.2, 0) is 19.1 Å². The average Bonchev–Trinajstić information content (AvgIpc) is 2.71. The Morgan fingerprint density at radius 2 is 2.06 bits per heavy atom. The summed E-state index contributed by atoms with van der Waals surface area (Å²) in [5.41, 5.74) is 1.81. The van der Waals surface area contributed by atoms with Crippen molar-refractivity contribution >= 4 is 11.9 Å². The van der Waals surface area contributed by atoms with Crippen molar-refractivity contribution in [2.45, 2.75) is 51.0 Å². The van der Waals surface area contributed by atoms with E-state index in [0.29, 0.717) is 6.42 Å². The van der Waals surface area contributed by atoms with Crippen LogP contribution in [0.25, 0.3) is 0 Å². The molecule has 3 rings (SSSR count). The van der Waals surface area contributed by atoms with Gasteiger partial charge in [0.25, 0.3) is 0 Å². The highest BCUT2D eigenvalue weighted by atomic mass is 16.6. The summed E-state index contributed by atoms with van der Waals surface area (Å²) in [7, 11) is 1.39. The smallest absolute Gasteiger partial charge is 0.316 e. The summed E-state index contributed by atoms with van der Waals surface area (Å²) in [6.45, 7) is 0. The lowest BCUT2D eigenvalue weighted by Gasteiger charge is -2.24. The van der Waals surface area contributed by atoms with Gasteiger partial charge in [0.1, 0.15) is 11.5 Å². The molecule has 0 aromatic carbocycles. The molecule has 0 unspecified atom stereocenters. The molecule has 2 atom stereocenters. The third-order valence-electron chi connectivity index (χ3n) is 4.53. The van der Waals surface area contributed by atoms with Crippen LogP contribution in [0.15, 0.2) is 11.1 Å². The number of carbonyl (C=O) groups excluding carboxylic acids is 2. The van der Waals surface area contributed by atoms with Crippen molar-refractivity contribution in [3.8, 4) is 0 Å². The van der Waals surface area contributed by atoms with Crippen molar-refractivity contribution in [1.29, 1.82) is 0 Å². The molecule has 0 aromatic rings. The van der Waals surface area contributed by atoms with Gasteiger partial charge in [0.05, 0.1) is 13.5 Å². The number of ether oxygens (including phenoxy) is 2. The number of hydrogen-bond acceptors (Lipinski definition) is 4. The number of fused-ring (bicyclic) bond motifs is 2. The zero-order valence-corrected chi connectivity index (χ0v) is 10.7. The van der Waals surface area contributed by atoms with Gasteiger partial charge in [0.2, 0.25) is 0 Å². The first kappa shape index (κ1) is 11.8. The fourth-order valence-corrected chi connectivity index (χ4v) is 3.72. The van der Waals surface area contributed by atoms with Crippen LogP contribution < -0.4 is 0 Å². The summed E-state index contributed by atoms with van der Waals surface area (Å²) in [6, 6.07) is 0. The summed E-state index contributed by atoms with van der Waals surface area (Å²) in [5.74, 6) is -0.548. The van der Waals surface area contributed by atoms with Crippen LogP contribution in [0, 0.1) is 5.41 Å². The van der Waals surface area contributed by atoms with Crippen molar-refractivity contribution in [1.82, 2.24) is 0 Å². The molecule has 0 spiro atoms. The summed E-state index contributed by atoms with van der Waals surface area (Å²) in [6.07, 6.45) is 6.03. The van der Waals surface area contributed by atoms with Gasteiger partial charge < -0.3 is 9.47 Å². The summed E-state index contributed by atoms with van der Waals surface area (Å²) >= 11 is 0. The molecule has 4 nitrogen and oxygen atoms in total. The van der Waals surface area contributed by atoms with Crippen LogP contribution >= 0.6 is 0 Å². The van der Waals surface area contributed by atoms with E-state index in [2.05, 4.69) is 0 Å². The summed E-state index contributed by atoms with van der Waals surface area (Å²) in [4.78, 5) is 23.7. The van der Waals surface area contributed by atoms with Crippen LogP contribution in [0.1, 0.15) is 44.9 Å². The van der Waals surface area contributed by atoms with Gasteiger partial charge in [0.15, 0.2) is 0 Å². The molecule has 0 saturated carbocycles. The van der Waals surface area contributed by atoms with Crippen LogP contribution in [-0.4, -0.2) is 25.2 Å². The number of hydrogen-bond donors (Lipinski definition) is 0. The zero-order valence-electron chi connectivity index (χ0n) is 10.7. The maximum Gasteiger partial charge on any atom is 0.316 e. The van der Waals surface area contributed by atoms with Crippen LogP contribution in [0.5, 0.6) is 0 Å². The maximum absolute atomic E-state index is 12.1. The van der Waals surface area contributed by atoms with E-state index in [1.807, 2.05) is 0 Å². The second kappa shape index (κ2) is 4.11. The van der Waals surface area contributed by atoms with Gasteiger partial charge in [-0.3, -0.25) is 9.59 Å². The van der Waals surface area contributed by atoms with Crippen LogP contribution in [0.3, 0.4) is 0 Å². The first-order valence-corrected chi connectivity index (χ1v) is 6.66. The van der Waals surface area contributed by atoms with E-state index < -0.39 is 5.41 Å². The molecule has 0 radical (unpaired) electrons. The molecule has 0 amide bonds. The number of allylic oxidation sites excluding steroid dienone is 1. The fourth-order valence-electron chi connectivity index (χ4n) is 3.72. The normalized spacial score (nSPS) is 34.7. The van der Waals surface area contributed by atoms with E-state index in [9.17, 15) is 9.59 Å². The lowest BCUT2D eigenvalue weighted by atomic mass is 9.79. The predicted molar refractivity (Wildman–Crippen MR) is 63.7 cm³/mol. The summed E-state index contributed by atoms with van der Waals surface area (Å²) in [5, 5.41) is 0. The minimum Gasteiger partial charge on any atom is -0.468 e. The molecule has 1 saturated heterocycles. The van der Waals surface area contributed by atoms with E-state index in [4.69, 9.17) is 9.47 Å². The Morgan fingerprint density at radius 1 is 1.28 bits per heavy atom. The first-order valence-electron chi connectivity index (χ1n) is 6.66. The van der Waals surface area contributed by atoms with Crippen molar-refractivity contribution in [3.05, 3.63) is 11.1 Å². The Balaban J connectivity index is 1.97. The molecule has 0 N–H and O–H groups in total. The Labute approximate surface area is 106 Å². The highest BCUT2D eigenvalue weighted by molar-refractivity contribution is 5.89. The van der Waals surface area contributed by atoms with Crippen molar-refractivity contribution < 1.29 is 19.1 Å². The monoisotopic (exact) mass is 250 g/mol. The molecular weight excluding hydrogens is 232 g/mol. The van der Waals surface area contributed by atoms with Crippen molar-refractivity contribution in [2.24, 2.45) is 5.41 Å². The number of rotatable bonds is 1. The van der Waals surface area contributed by atoms with Crippen LogP contribution in [0.2, 0.25) is 0 Å². The highest BCUT2D eigenvalue weighted by Gasteiger charge is 2.60. The second-order valence-corrected chi connectivity index (χ2v) is 5.56. The van der Waals surface area contributed by atoms with Crippen LogP contribution in [0.4, 0.5) is 0 Å². The van der Waals surface area contributed by atoms with E-state index in [1.54, 1.807) is 0 Å². The number of methoxy groups -OCH3 is 1. The molecular formula is C14H18O4. The molecule has 0 bridgehead atoms. The van der Waals surface area contributed by atoms with E-state index >= 15 is 0 Å². The van der Waals surface area contributed by atoms with E-state index in [1.165, 1.54) is 31.1 Å². The Bertz CT molecular complexity index is 437. The lowest BCUT2D eigenvalue weighted by Crippen LogP contribution is -2.37. The minimum absolute atomic E-state index is 0.178. The number of carbonyl (C=O) groups is 2. The topological polar surface area (TPSA) is 52.6 Å². The third kappa shape index (κ3) is 1.51. The van der Waals surface area contributed by atoms with Crippen molar-refractivity contribution in [3.63, 3.8) is 0 Å². The van der Waals surface area contributed by atoms with E-state index in [-0.39, 0.29) is 24.5 Å². The Morgan fingerprint density at radius 3 is 2.83 bits per heavy atom. The molecule has 98 valence electrons. The van der Waals surface area contributed by atoms with Gasteiger partial charge in [-0.05, 0) is 37.7 Å². The molecule has 0 aromatic heterocycles. The van der Waals surface area contributed by atoms with Gasteiger partial charge in [-0.25, -0.2) is 0 Å². The van der Waals surface area contributed by atoms with E-state index in [0.717, 1.165) is 19.3 Å². The quantitative estimate of drug-likeness (QED) is 0.528. The third-order valence-corrected chi connectivity index (χ3v) is 4.53. The highest BCUT2D eigenvalue weighted by Crippen LogP contribution is 2.54. The minimum atomic E-state index is -0.742.